The lowest BCUT2D eigenvalue weighted by Gasteiger charge is -2.36. The van der Waals surface area contributed by atoms with E-state index in [2.05, 4.69) is 10.1 Å². The number of aromatic nitrogens is 3. The first-order valence-electron chi connectivity index (χ1n) is 10.5. The minimum Gasteiger partial charge on any atom is -0.597 e. The highest BCUT2D eigenvalue weighted by Gasteiger charge is 2.50. The first kappa shape index (κ1) is 23.8. The molecule has 0 saturated heterocycles. The highest BCUT2D eigenvalue weighted by atomic mass is 32.2. The molecule has 0 N–H and O–H groups in total. The van der Waals surface area contributed by atoms with E-state index in [-0.39, 0.29) is 5.56 Å². The molecule has 0 fully saturated rings. The Kier molecular flexibility index (Phi) is 6.08. The van der Waals surface area contributed by atoms with Gasteiger partial charge in [0.25, 0.3) is 0 Å². The SMILES string of the molecule is CN([C@@H](c1ccc(N2CCCc3c2cnc2cc(F)nn32)cc1)C(F)(F)F)[S+]([O-])C(C)(C)C. The van der Waals surface area contributed by atoms with Crippen molar-refractivity contribution in [2.75, 3.05) is 18.5 Å². The normalized spacial score (nSPS) is 16.8. The summed E-state index contributed by atoms with van der Waals surface area (Å²) >= 11 is -1.86. The molecule has 0 aliphatic carbocycles. The Morgan fingerprint density at radius 2 is 1.82 bits per heavy atom. The topological polar surface area (TPSA) is 59.7 Å². The summed E-state index contributed by atoms with van der Waals surface area (Å²) in [5, 5.41) is 3.88. The van der Waals surface area contributed by atoms with E-state index in [0.717, 1.165) is 22.1 Å². The van der Waals surface area contributed by atoms with E-state index in [1.165, 1.54) is 29.8 Å². The molecule has 0 saturated carbocycles. The smallest absolute Gasteiger partial charge is 0.412 e. The maximum atomic E-state index is 14.0. The number of benzene rings is 1. The summed E-state index contributed by atoms with van der Waals surface area (Å²) in [6.07, 6.45) is -1.51. The van der Waals surface area contributed by atoms with Crippen molar-refractivity contribution in [2.45, 2.75) is 50.6 Å². The van der Waals surface area contributed by atoms with Gasteiger partial charge in [0.15, 0.2) is 11.7 Å². The third-order valence-electron chi connectivity index (χ3n) is 5.60. The number of anilines is 2. The van der Waals surface area contributed by atoms with E-state index in [9.17, 15) is 22.1 Å². The zero-order valence-corrected chi connectivity index (χ0v) is 19.5. The fraction of sp³-hybridized carbons (Fsp3) is 0.455. The van der Waals surface area contributed by atoms with Crippen molar-refractivity contribution in [3.8, 4) is 0 Å². The van der Waals surface area contributed by atoms with Crippen LogP contribution in [-0.4, -0.2) is 48.0 Å². The molecule has 33 heavy (non-hydrogen) atoms. The molecule has 1 aliphatic heterocycles. The summed E-state index contributed by atoms with van der Waals surface area (Å²) in [5.41, 5.74) is 2.64. The Morgan fingerprint density at radius 3 is 2.42 bits per heavy atom. The van der Waals surface area contributed by atoms with Crippen LogP contribution >= 0.6 is 0 Å². The van der Waals surface area contributed by atoms with E-state index >= 15 is 0 Å². The molecule has 0 spiro atoms. The first-order valence-corrected chi connectivity index (χ1v) is 11.6. The number of hydrogen-bond donors (Lipinski definition) is 0. The van der Waals surface area contributed by atoms with Gasteiger partial charge in [-0.3, -0.25) is 0 Å². The molecule has 178 valence electrons. The van der Waals surface area contributed by atoms with E-state index in [0.29, 0.717) is 24.3 Å². The third-order valence-corrected chi connectivity index (χ3v) is 7.38. The predicted octanol–water partition coefficient (Wildman–Crippen LogP) is 4.95. The lowest BCUT2D eigenvalue weighted by molar-refractivity contribution is -0.171. The summed E-state index contributed by atoms with van der Waals surface area (Å²) in [5.74, 6) is -0.618. The van der Waals surface area contributed by atoms with Crippen LogP contribution in [0.4, 0.5) is 28.9 Å². The van der Waals surface area contributed by atoms with Crippen molar-refractivity contribution in [1.82, 2.24) is 18.9 Å². The molecule has 1 unspecified atom stereocenters. The van der Waals surface area contributed by atoms with Crippen LogP contribution in [0.15, 0.2) is 36.5 Å². The summed E-state index contributed by atoms with van der Waals surface area (Å²) in [4.78, 5) is 6.20. The van der Waals surface area contributed by atoms with Gasteiger partial charge in [-0.05, 0) is 51.3 Å². The van der Waals surface area contributed by atoms with Crippen LogP contribution in [0.25, 0.3) is 5.65 Å². The molecule has 0 radical (unpaired) electrons. The molecular weight excluding hydrogens is 458 g/mol. The second-order valence-electron chi connectivity index (χ2n) is 9.03. The Labute approximate surface area is 192 Å². The number of halogens is 4. The number of fused-ring (bicyclic) bond motifs is 3. The Bertz CT molecular complexity index is 1140. The van der Waals surface area contributed by atoms with Crippen LogP contribution in [0.2, 0.25) is 0 Å². The summed E-state index contributed by atoms with van der Waals surface area (Å²) in [7, 11) is 1.23. The molecule has 0 bridgehead atoms. The lowest BCUT2D eigenvalue weighted by atomic mass is 10.0. The molecular formula is C22H25F4N5OS. The summed E-state index contributed by atoms with van der Waals surface area (Å²) in [6.45, 7) is 5.56. The molecule has 2 atom stereocenters. The molecule has 3 aromatic rings. The van der Waals surface area contributed by atoms with Gasteiger partial charge in [-0.2, -0.15) is 17.6 Å². The van der Waals surface area contributed by atoms with Crippen LogP contribution in [-0.2, 0) is 17.8 Å². The van der Waals surface area contributed by atoms with Crippen molar-refractivity contribution in [3.05, 3.63) is 53.7 Å². The second kappa shape index (κ2) is 8.44. The number of rotatable bonds is 4. The minimum absolute atomic E-state index is 0.00584. The number of alkyl halides is 3. The quantitative estimate of drug-likeness (QED) is 0.388. The van der Waals surface area contributed by atoms with Crippen LogP contribution < -0.4 is 4.90 Å². The average Bonchev–Trinajstić information content (AvgIpc) is 3.12. The molecule has 6 nitrogen and oxygen atoms in total. The molecule has 11 heteroatoms. The molecule has 1 aliphatic rings. The van der Waals surface area contributed by atoms with Crippen molar-refractivity contribution in [3.63, 3.8) is 0 Å². The van der Waals surface area contributed by atoms with Crippen LogP contribution in [0.3, 0.4) is 0 Å². The maximum Gasteiger partial charge on any atom is 0.412 e. The third kappa shape index (κ3) is 4.53. The standard InChI is InChI=1S/C22H25F4N5OS/c1-21(2,3)33(32)29(4)20(22(24,25)26)14-7-9-15(10-8-14)30-11-5-6-16-17(30)13-27-19-12-18(23)28-31(16)19/h7-10,12-13,20H,5-6,11H2,1-4H3/t20-,33?/m0/s1. The molecule has 2 aromatic heterocycles. The molecule has 0 amide bonds. The van der Waals surface area contributed by atoms with Crippen molar-refractivity contribution < 1.29 is 22.1 Å². The van der Waals surface area contributed by atoms with E-state index < -0.39 is 34.3 Å². The lowest BCUT2D eigenvalue weighted by Crippen LogP contribution is -2.46. The highest BCUT2D eigenvalue weighted by molar-refractivity contribution is 7.90. The van der Waals surface area contributed by atoms with Gasteiger partial charge in [-0.1, -0.05) is 12.1 Å². The number of nitrogens with zero attached hydrogens (tertiary/aromatic N) is 5. The van der Waals surface area contributed by atoms with Gasteiger partial charge in [-0.15, -0.1) is 9.40 Å². The number of hydrogen-bond acceptors (Lipinski definition) is 5. The largest absolute Gasteiger partial charge is 0.597 e. The van der Waals surface area contributed by atoms with Gasteiger partial charge in [0, 0.05) is 36.7 Å². The summed E-state index contributed by atoms with van der Waals surface area (Å²) < 4.78 is 69.7. The highest BCUT2D eigenvalue weighted by Crippen LogP contribution is 2.41. The Hall–Kier alpha value is -2.37. The Morgan fingerprint density at radius 1 is 1.15 bits per heavy atom. The fourth-order valence-electron chi connectivity index (χ4n) is 4.17. The zero-order chi connectivity index (χ0) is 24.1. The molecule has 3 heterocycles. The van der Waals surface area contributed by atoms with Crippen LogP contribution in [0.5, 0.6) is 0 Å². The molecule has 1 aromatic carbocycles. The number of aryl methyl sites for hydroxylation is 1. The van der Waals surface area contributed by atoms with Crippen LogP contribution in [0.1, 0.15) is 44.5 Å². The van der Waals surface area contributed by atoms with Gasteiger partial charge in [-0.25, -0.2) is 9.50 Å². The van der Waals surface area contributed by atoms with Gasteiger partial charge in [0.05, 0.1) is 17.6 Å². The van der Waals surface area contributed by atoms with Crippen molar-refractivity contribution in [1.29, 1.82) is 0 Å². The van der Waals surface area contributed by atoms with E-state index in [1.54, 1.807) is 39.1 Å². The average molecular weight is 484 g/mol. The van der Waals surface area contributed by atoms with Crippen molar-refractivity contribution in [2.24, 2.45) is 0 Å². The first-order chi connectivity index (χ1) is 15.4. The van der Waals surface area contributed by atoms with E-state index in [4.69, 9.17) is 0 Å². The van der Waals surface area contributed by atoms with Crippen molar-refractivity contribution >= 4 is 28.4 Å². The van der Waals surface area contributed by atoms with E-state index in [1.807, 2.05) is 4.90 Å². The maximum absolute atomic E-state index is 14.0. The Balaban J connectivity index is 1.68. The minimum atomic E-state index is -4.60. The zero-order valence-electron chi connectivity index (χ0n) is 18.7. The van der Waals surface area contributed by atoms with Crippen LogP contribution in [0, 0.1) is 5.95 Å². The summed E-state index contributed by atoms with van der Waals surface area (Å²) in [6, 6.07) is 5.31. The van der Waals surface area contributed by atoms with Gasteiger partial charge < -0.3 is 9.45 Å². The van der Waals surface area contributed by atoms with Gasteiger partial charge in [0.1, 0.15) is 4.75 Å². The predicted molar refractivity (Wildman–Crippen MR) is 119 cm³/mol. The van der Waals surface area contributed by atoms with Gasteiger partial charge >= 0.3 is 6.18 Å². The monoisotopic (exact) mass is 483 g/mol. The van der Waals surface area contributed by atoms with Gasteiger partial charge in [0.2, 0.25) is 5.95 Å². The fourth-order valence-corrected chi connectivity index (χ4v) is 5.46. The second-order valence-corrected chi connectivity index (χ2v) is 11.3. The molecule has 4 rings (SSSR count).